The number of carbonyl (C=O) groups is 1. The predicted molar refractivity (Wildman–Crippen MR) is 126 cm³/mol. The van der Waals surface area contributed by atoms with Crippen molar-refractivity contribution in [1.29, 1.82) is 0 Å². The maximum absolute atomic E-state index is 13.3. The summed E-state index contributed by atoms with van der Waals surface area (Å²) in [5.41, 5.74) is 5.60. The van der Waals surface area contributed by atoms with Crippen LogP contribution in [0.1, 0.15) is 34.2 Å². The van der Waals surface area contributed by atoms with E-state index < -0.39 is 0 Å². The lowest BCUT2D eigenvalue weighted by Crippen LogP contribution is -2.46. The summed E-state index contributed by atoms with van der Waals surface area (Å²) < 4.78 is 15.0. The highest BCUT2D eigenvalue weighted by atomic mass is 19.1. The van der Waals surface area contributed by atoms with Gasteiger partial charge >= 0.3 is 0 Å². The molecule has 0 bridgehead atoms. The second-order valence-corrected chi connectivity index (χ2v) is 8.31. The van der Waals surface area contributed by atoms with Gasteiger partial charge in [-0.25, -0.2) is 9.07 Å². The van der Waals surface area contributed by atoms with Gasteiger partial charge in [0.05, 0.1) is 22.6 Å². The van der Waals surface area contributed by atoms with Crippen molar-refractivity contribution < 1.29 is 9.18 Å². The summed E-state index contributed by atoms with van der Waals surface area (Å²) in [5, 5.41) is 7.56. The van der Waals surface area contributed by atoms with Gasteiger partial charge in [0.2, 0.25) is 0 Å². The first kappa shape index (κ1) is 22.0. The molecule has 4 rings (SSSR count). The Labute approximate surface area is 188 Å². The van der Waals surface area contributed by atoms with Crippen molar-refractivity contribution in [2.75, 3.05) is 42.9 Å². The topological polar surface area (TPSA) is 53.4 Å². The van der Waals surface area contributed by atoms with E-state index in [4.69, 9.17) is 0 Å². The standard InChI is InChI=1S/C25H30FN5O/c1-5-29-12-14-30(15-13-29)22-10-11-23(17(2)16-22)27-25(32)24-18(3)28-31(19(24)4)21-8-6-20(26)7-9-21/h6-11,16H,5,12-15H2,1-4H3,(H,27,32). The Hall–Kier alpha value is -3.19. The molecule has 32 heavy (non-hydrogen) atoms. The fourth-order valence-electron chi connectivity index (χ4n) is 4.30. The van der Waals surface area contributed by atoms with Crippen LogP contribution in [-0.4, -0.2) is 53.3 Å². The maximum Gasteiger partial charge on any atom is 0.259 e. The lowest BCUT2D eigenvalue weighted by molar-refractivity contribution is 0.102. The summed E-state index contributed by atoms with van der Waals surface area (Å²) >= 11 is 0. The minimum atomic E-state index is -0.306. The van der Waals surface area contributed by atoms with Crippen molar-refractivity contribution in [2.24, 2.45) is 0 Å². The molecule has 0 saturated carbocycles. The number of hydrogen-bond acceptors (Lipinski definition) is 4. The van der Waals surface area contributed by atoms with Crippen molar-refractivity contribution >= 4 is 17.3 Å². The Morgan fingerprint density at radius 2 is 1.66 bits per heavy atom. The van der Waals surface area contributed by atoms with Crippen LogP contribution in [0, 0.1) is 26.6 Å². The van der Waals surface area contributed by atoms with Gasteiger partial charge in [-0.2, -0.15) is 5.10 Å². The summed E-state index contributed by atoms with van der Waals surface area (Å²) in [6, 6.07) is 12.3. The molecule has 1 N–H and O–H groups in total. The molecule has 0 atom stereocenters. The molecule has 2 heterocycles. The third-order valence-corrected chi connectivity index (χ3v) is 6.23. The van der Waals surface area contributed by atoms with Gasteiger partial charge < -0.3 is 15.1 Å². The van der Waals surface area contributed by atoms with Gasteiger partial charge in [-0.3, -0.25) is 4.79 Å². The van der Waals surface area contributed by atoms with Crippen LogP contribution in [0.2, 0.25) is 0 Å². The first-order valence-corrected chi connectivity index (χ1v) is 11.1. The molecule has 1 fully saturated rings. The number of carbonyl (C=O) groups excluding carboxylic acids is 1. The molecule has 1 aliphatic heterocycles. The smallest absolute Gasteiger partial charge is 0.259 e. The Kier molecular flexibility index (Phi) is 6.28. The van der Waals surface area contributed by atoms with Crippen molar-refractivity contribution in [2.45, 2.75) is 27.7 Å². The van der Waals surface area contributed by atoms with Gasteiger partial charge in [-0.15, -0.1) is 0 Å². The highest BCUT2D eigenvalue weighted by molar-refractivity contribution is 6.06. The van der Waals surface area contributed by atoms with Crippen LogP contribution in [-0.2, 0) is 0 Å². The highest BCUT2D eigenvalue weighted by Gasteiger charge is 2.21. The van der Waals surface area contributed by atoms with Crippen LogP contribution < -0.4 is 10.2 Å². The van der Waals surface area contributed by atoms with Crippen molar-refractivity contribution in [3.8, 4) is 5.69 Å². The average molecular weight is 436 g/mol. The molecule has 7 heteroatoms. The molecule has 6 nitrogen and oxygen atoms in total. The Morgan fingerprint density at radius 1 is 1.00 bits per heavy atom. The molecule has 1 amide bonds. The molecular weight excluding hydrogens is 405 g/mol. The molecule has 0 unspecified atom stereocenters. The molecule has 1 aliphatic rings. The molecule has 3 aromatic rings. The number of nitrogens with zero attached hydrogens (tertiary/aromatic N) is 4. The van der Waals surface area contributed by atoms with Crippen LogP contribution in [0.3, 0.4) is 0 Å². The van der Waals surface area contributed by atoms with Gasteiger partial charge in [0.25, 0.3) is 5.91 Å². The number of rotatable bonds is 5. The molecule has 0 spiro atoms. The Bertz CT molecular complexity index is 1110. The molecule has 0 aliphatic carbocycles. The van der Waals surface area contributed by atoms with Crippen LogP contribution >= 0.6 is 0 Å². The number of amides is 1. The normalized spacial score (nSPS) is 14.6. The average Bonchev–Trinajstić information content (AvgIpc) is 3.09. The summed E-state index contributed by atoms with van der Waals surface area (Å²) in [4.78, 5) is 18.0. The van der Waals surface area contributed by atoms with Gasteiger partial charge in [0.1, 0.15) is 5.82 Å². The number of aryl methyl sites for hydroxylation is 2. The zero-order valence-electron chi connectivity index (χ0n) is 19.2. The van der Waals surface area contributed by atoms with Gasteiger partial charge in [0.15, 0.2) is 0 Å². The molecule has 1 saturated heterocycles. The van der Waals surface area contributed by atoms with E-state index in [0.29, 0.717) is 11.3 Å². The molecular formula is C25H30FN5O. The molecule has 168 valence electrons. The van der Waals surface area contributed by atoms with E-state index in [1.54, 1.807) is 16.8 Å². The van der Waals surface area contributed by atoms with E-state index in [1.165, 1.54) is 17.8 Å². The number of aromatic nitrogens is 2. The number of likely N-dealkylation sites (N-methyl/N-ethyl adjacent to an activating group) is 1. The van der Waals surface area contributed by atoms with Crippen molar-refractivity contribution in [3.05, 3.63) is 70.8 Å². The second-order valence-electron chi connectivity index (χ2n) is 8.31. The van der Waals surface area contributed by atoms with E-state index in [2.05, 4.69) is 39.3 Å². The van der Waals surface area contributed by atoms with Crippen LogP contribution in [0.5, 0.6) is 0 Å². The number of piperazine rings is 1. The quantitative estimate of drug-likeness (QED) is 0.648. The Balaban J connectivity index is 1.51. The van der Waals surface area contributed by atoms with Crippen LogP contribution in [0.15, 0.2) is 42.5 Å². The predicted octanol–water partition coefficient (Wildman–Crippen LogP) is 4.33. The lowest BCUT2D eigenvalue weighted by atomic mass is 10.1. The van der Waals surface area contributed by atoms with Crippen LogP contribution in [0.4, 0.5) is 15.8 Å². The summed E-state index contributed by atoms with van der Waals surface area (Å²) in [7, 11) is 0. The van der Waals surface area contributed by atoms with E-state index in [0.717, 1.165) is 55.4 Å². The van der Waals surface area contributed by atoms with Crippen molar-refractivity contribution in [3.63, 3.8) is 0 Å². The summed E-state index contributed by atoms with van der Waals surface area (Å²) in [5.74, 6) is -0.500. The zero-order valence-corrected chi connectivity index (χ0v) is 19.2. The molecule has 0 radical (unpaired) electrons. The van der Waals surface area contributed by atoms with E-state index in [1.807, 2.05) is 26.8 Å². The third-order valence-electron chi connectivity index (χ3n) is 6.23. The van der Waals surface area contributed by atoms with E-state index >= 15 is 0 Å². The minimum absolute atomic E-state index is 0.194. The maximum atomic E-state index is 13.3. The van der Waals surface area contributed by atoms with Crippen molar-refractivity contribution in [1.82, 2.24) is 14.7 Å². The first-order valence-electron chi connectivity index (χ1n) is 11.1. The largest absolute Gasteiger partial charge is 0.369 e. The van der Waals surface area contributed by atoms with Gasteiger partial charge in [-0.05, 0) is 75.3 Å². The number of nitrogens with one attached hydrogen (secondary N) is 1. The van der Waals surface area contributed by atoms with Crippen LogP contribution in [0.25, 0.3) is 5.69 Å². The second kappa shape index (κ2) is 9.12. The summed E-state index contributed by atoms with van der Waals surface area (Å²) in [6.07, 6.45) is 0. The monoisotopic (exact) mass is 435 g/mol. The fraction of sp³-hybridized carbons (Fsp3) is 0.360. The third kappa shape index (κ3) is 4.39. The number of anilines is 2. The zero-order chi connectivity index (χ0) is 22.8. The van der Waals surface area contributed by atoms with E-state index in [-0.39, 0.29) is 11.7 Å². The fourth-order valence-corrected chi connectivity index (χ4v) is 4.30. The highest BCUT2D eigenvalue weighted by Crippen LogP contribution is 2.25. The number of halogens is 1. The minimum Gasteiger partial charge on any atom is -0.369 e. The van der Waals surface area contributed by atoms with Gasteiger partial charge in [-0.1, -0.05) is 6.92 Å². The molecule has 2 aromatic carbocycles. The lowest BCUT2D eigenvalue weighted by Gasteiger charge is -2.35. The number of benzene rings is 2. The van der Waals surface area contributed by atoms with Gasteiger partial charge in [0, 0.05) is 37.6 Å². The Morgan fingerprint density at radius 3 is 2.28 bits per heavy atom. The summed E-state index contributed by atoms with van der Waals surface area (Å²) in [6.45, 7) is 13.1. The SMILES string of the molecule is CCN1CCN(c2ccc(NC(=O)c3c(C)nn(-c4ccc(F)cc4)c3C)c(C)c2)CC1. The first-order chi connectivity index (χ1) is 15.4. The number of hydrogen-bond donors (Lipinski definition) is 1. The van der Waals surface area contributed by atoms with E-state index in [9.17, 15) is 9.18 Å². The molecule has 1 aromatic heterocycles.